The Balaban J connectivity index is 3.45. The quantitative estimate of drug-likeness (QED) is 0.511. The fourth-order valence-corrected chi connectivity index (χ4v) is 2.57. The van der Waals surface area contributed by atoms with Crippen molar-refractivity contribution in [3.05, 3.63) is 29.3 Å². The second-order valence-corrected chi connectivity index (χ2v) is 6.03. The van der Waals surface area contributed by atoms with Crippen LogP contribution in [0.2, 0.25) is 0 Å². The number of aromatic carboxylic acids is 2. The monoisotopic (exact) mass is 380 g/mol. The van der Waals surface area contributed by atoms with E-state index in [9.17, 15) is 29.1 Å². The van der Waals surface area contributed by atoms with Crippen molar-refractivity contribution in [1.82, 2.24) is 5.32 Å². The third kappa shape index (κ3) is 5.27. The largest absolute Gasteiger partial charge is 0.480 e. The van der Waals surface area contributed by atoms with Crippen molar-refractivity contribution in [3.63, 3.8) is 0 Å². The molecule has 4 N–H and O–H groups in total. The minimum atomic E-state index is -1.51. The van der Waals surface area contributed by atoms with Crippen LogP contribution in [0, 0.1) is 5.92 Å². The number of carboxylic acids is 3. The van der Waals surface area contributed by atoms with Crippen LogP contribution in [0.4, 0.5) is 5.69 Å². The predicted octanol–water partition coefficient (Wildman–Crippen LogP) is 0.661. The van der Waals surface area contributed by atoms with E-state index >= 15 is 0 Å². The number of amides is 2. The molecule has 0 fully saturated rings. The molecule has 0 aromatic heterocycles. The number of nitrogens with one attached hydrogen (secondary N) is 1. The van der Waals surface area contributed by atoms with Gasteiger partial charge in [-0.3, -0.25) is 19.3 Å². The number of hydrogen-bond donors (Lipinski definition) is 4. The second-order valence-electron chi connectivity index (χ2n) is 6.03. The van der Waals surface area contributed by atoms with E-state index in [0.717, 1.165) is 24.0 Å². The molecule has 0 unspecified atom stereocenters. The fourth-order valence-electron chi connectivity index (χ4n) is 2.57. The molecule has 0 radical (unpaired) electrons. The highest BCUT2D eigenvalue weighted by Crippen LogP contribution is 2.25. The van der Waals surface area contributed by atoms with Crippen LogP contribution in [0.25, 0.3) is 0 Å². The Bertz CT molecular complexity index is 787. The lowest BCUT2D eigenvalue weighted by Crippen LogP contribution is -2.53. The van der Waals surface area contributed by atoms with Gasteiger partial charge in [0.2, 0.25) is 11.8 Å². The molecule has 0 bridgehead atoms. The standard InChI is InChI=1S/C17H20N2O8/c1-8(2)14(15(23)18-7-13(21)22)19(9(3)20)10-4-5-11(16(24)25)12(6-10)17(26)27/h4-6,8,14H,7H2,1-3H3,(H,18,23)(H,21,22)(H,24,25)(H,26,27)/t14-/m0/s1. The molecule has 27 heavy (non-hydrogen) atoms. The van der Waals surface area contributed by atoms with Crippen LogP contribution < -0.4 is 10.2 Å². The van der Waals surface area contributed by atoms with Gasteiger partial charge in [0.15, 0.2) is 0 Å². The Morgan fingerprint density at radius 3 is 1.96 bits per heavy atom. The highest BCUT2D eigenvalue weighted by Gasteiger charge is 2.33. The molecular formula is C17H20N2O8. The zero-order valence-corrected chi connectivity index (χ0v) is 14.9. The summed E-state index contributed by atoms with van der Waals surface area (Å²) in [6, 6.07) is 2.12. The minimum Gasteiger partial charge on any atom is -0.480 e. The molecule has 0 saturated carbocycles. The average molecular weight is 380 g/mol. The summed E-state index contributed by atoms with van der Waals surface area (Å²) in [5.74, 6) is -6.00. The summed E-state index contributed by atoms with van der Waals surface area (Å²) in [5.41, 5.74) is -1.00. The van der Waals surface area contributed by atoms with Gasteiger partial charge in [-0.25, -0.2) is 9.59 Å². The van der Waals surface area contributed by atoms with Gasteiger partial charge in [0.25, 0.3) is 0 Å². The van der Waals surface area contributed by atoms with Crippen molar-refractivity contribution < 1.29 is 39.3 Å². The van der Waals surface area contributed by atoms with Crippen LogP contribution >= 0.6 is 0 Å². The Hall–Kier alpha value is -3.43. The smallest absolute Gasteiger partial charge is 0.336 e. The van der Waals surface area contributed by atoms with Crippen LogP contribution in [-0.2, 0) is 14.4 Å². The van der Waals surface area contributed by atoms with Gasteiger partial charge in [-0.2, -0.15) is 0 Å². The summed E-state index contributed by atoms with van der Waals surface area (Å²) in [4.78, 5) is 58.9. The number of anilines is 1. The average Bonchev–Trinajstić information content (AvgIpc) is 2.55. The number of aliphatic carboxylic acids is 1. The molecule has 0 spiro atoms. The normalized spacial score (nSPS) is 11.6. The van der Waals surface area contributed by atoms with Crippen LogP contribution in [-0.4, -0.2) is 57.6 Å². The van der Waals surface area contributed by atoms with Crippen molar-refractivity contribution in [2.75, 3.05) is 11.4 Å². The van der Waals surface area contributed by atoms with Crippen molar-refractivity contribution in [2.24, 2.45) is 5.92 Å². The van der Waals surface area contributed by atoms with Gasteiger partial charge in [0.05, 0.1) is 11.1 Å². The third-order valence-electron chi connectivity index (χ3n) is 3.67. The molecule has 1 atom stereocenters. The number of nitrogens with zero attached hydrogens (tertiary/aromatic N) is 1. The lowest BCUT2D eigenvalue weighted by molar-refractivity contribution is -0.138. The minimum absolute atomic E-state index is 0.00840. The molecule has 0 saturated heterocycles. The molecule has 0 aliphatic rings. The number of carbonyl (C=O) groups excluding carboxylic acids is 2. The van der Waals surface area contributed by atoms with Gasteiger partial charge in [0, 0.05) is 12.6 Å². The number of hydrogen-bond acceptors (Lipinski definition) is 5. The summed E-state index contributed by atoms with van der Waals surface area (Å²) in [6.45, 7) is 3.77. The SMILES string of the molecule is CC(=O)N(c1ccc(C(=O)O)c(C(=O)O)c1)[C@H](C(=O)NCC(=O)O)C(C)C. The highest BCUT2D eigenvalue weighted by atomic mass is 16.4. The lowest BCUT2D eigenvalue weighted by Gasteiger charge is -2.33. The Morgan fingerprint density at radius 1 is 1.00 bits per heavy atom. The van der Waals surface area contributed by atoms with Crippen LogP contribution in [0.15, 0.2) is 18.2 Å². The van der Waals surface area contributed by atoms with E-state index < -0.39 is 59.4 Å². The van der Waals surface area contributed by atoms with Crippen LogP contribution in [0.3, 0.4) is 0 Å². The molecule has 0 aliphatic carbocycles. The fraction of sp³-hybridized carbons (Fsp3) is 0.353. The van der Waals surface area contributed by atoms with Gasteiger partial charge in [0.1, 0.15) is 12.6 Å². The maximum Gasteiger partial charge on any atom is 0.336 e. The topological polar surface area (TPSA) is 161 Å². The van der Waals surface area contributed by atoms with E-state index in [4.69, 9.17) is 10.2 Å². The van der Waals surface area contributed by atoms with Crippen molar-refractivity contribution >= 4 is 35.4 Å². The summed E-state index contributed by atoms with van der Waals surface area (Å²) < 4.78 is 0. The Labute approximate surface area is 154 Å². The van der Waals surface area contributed by atoms with Gasteiger partial charge >= 0.3 is 17.9 Å². The van der Waals surface area contributed by atoms with E-state index in [2.05, 4.69) is 5.32 Å². The first-order chi connectivity index (χ1) is 12.5. The summed E-state index contributed by atoms with van der Waals surface area (Å²) >= 11 is 0. The first-order valence-electron chi connectivity index (χ1n) is 7.87. The number of benzene rings is 1. The first kappa shape index (κ1) is 21.6. The number of rotatable bonds is 8. The van der Waals surface area contributed by atoms with E-state index in [1.165, 1.54) is 6.07 Å². The lowest BCUT2D eigenvalue weighted by atomic mass is 9.99. The summed E-state index contributed by atoms with van der Waals surface area (Å²) in [7, 11) is 0. The second kappa shape index (κ2) is 8.79. The van der Waals surface area contributed by atoms with E-state index in [0.29, 0.717) is 0 Å². The maximum atomic E-state index is 12.4. The molecule has 1 aromatic carbocycles. The predicted molar refractivity (Wildman–Crippen MR) is 92.8 cm³/mol. The molecule has 1 aromatic rings. The van der Waals surface area contributed by atoms with E-state index in [1.807, 2.05) is 0 Å². The van der Waals surface area contributed by atoms with Gasteiger partial charge in [-0.1, -0.05) is 13.8 Å². The molecule has 0 heterocycles. The zero-order chi connectivity index (χ0) is 20.9. The van der Waals surface area contributed by atoms with Gasteiger partial charge < -0.3 is 20.6 Å². The molecular weight excluding hydrogens is 360 g/mol. The van der Waals surface area contributed by atoms with E-state index in [-0.39, 0.29) is 5.69 Å². The molecule has 0 aliphatic heterocycles. The van der Waals surface area contributed by atoms with Crippen molar-refractivity contribution in [1.29, 1.82) is 0 Å². The molecule has 10 heteroatoms. The van der Waals surface area contributed by atoms with Gasteiger partial charge in [-0.05, 0) is 24.1 Å². The summed E-state index contributed by atoms with van der Waals surface area (Å²) in [6.07, 6.45) is 0. The van der Waals surface area contributed by atoms with Gasteiger partial charge in [-0.15, -0.1) is 0 Å². The number of carboxylic acid groups (broad SMARTS) is 3. The molecule has 2 amide bonds. The molecule has 146 valence electrons. The number of carbonyl (C=O) groups is 5. The molecule has 1 rings (SSSR count). The third-order valence-corrected chi connectivity index (χ3v) is 3.67. The van der Waals surface area contributed by atoms with Crippen molar-refractivity contribution in [3.8, 4) is 0 Å². The zero-order valence-electron chi connectivity index (χ0n) is 14.9. The highest BCUT2D eigenvalue weighted by molar-refractivity contribution is 6.05. The van der Waals surface area contributed by atoms with Crippen LogP contribution in [0.1, 0.15) is 41.5 Å². The molecule has 10 nitrogen and oxygen atoms in total. The first-order valence-corrected chi connectivity index (χ1v) is 7.87. The summed E-state index contributed by atoms with van der Waals surface area (Å²) in [5, 5.41) is 29.3. The Morgan fingerprint density at radius 2 is 1.56 bits per heavy atom. The van der Waals surface area contributed by atoms with Crippen molar-refractivity contribution in [2.45, 2.75) is 26.8 Å². The maximum absolute atomic E-state index is 12.4. The van der Waals surface area contributed by atoms with E-state index in [1.54, 1.807) is 13.8 Å². The Kier molecular flexibility index (Phi) is 7.03. The van der Waals surface area contributed by atoms with Crippen LogP contribution in [0.5, 0.6) is 0 Å².